The number of amides is 2. The normalized spacial score (nSPS) is 12.6. The van der Waals surface area contributed by atoms with Crippen LogP contribution in [0.3, 0.4) is 0 Å². The van der Waals surface area contributed by atoms with Gasteiger partial charge in [-0.2, -0.15) is 13.2 Å². The predicted molar refractivity (Wildman–Crippen MR) is 80.2 cm³/mol. The van der Waals surface area contributed by atoms with Crippen LogP contribution in [-0.4, -0.2) is 44.7 Å². The Hall–Kier alpha value is -2.09. The highest BCUT2D eigenvalue weighted by atomic mass is 19.4. The first kappa shape index (κ1) is 19.0. The predicted octanol–water partition coefficient (Wildman–Crippen LogP) is 0.435. The Morgan fingerprint density at radius 1 is 1.09 bits per heavy atom. The number of likely N-dealkylation sites (N-methyl/N-ethyl adjacent to an activating group) is 1. The number of anilines is 1. The van der Waals surface area contributed by atoms with Crippen LogP contribution in [0.2, 0.25) is 0 Å². The third-order valence-corrected chi connectivity index (χ3v) is 3.16. The summed E-state index contributed by atoms with van der Waals surface area (Å²) in [5.41, 5.74) is 2.55. The van der Waals surface area contributed by atoms with Gasteiger partial charge in [-0.25, -0.2) is 0 Å². The molecule has 0 spiro atoms. The van der Waals surface area contributed by atoms with Crippen molar-refractivity contribution in [1.29, 1.82) is 0 Å². The molecule has 0 radical (unpaired) electrons. The van der Waals surface area contributed by atoms with Gasteiger partial charge >= 0.3 is 6.18 Å². The van der Waals surface area contributed by atoms with E-state index in [-0.39, 0.29) is 19.0 Å². The lowest BCUT2D eigenvalue weighted by Gasteiger charge is -2.16. The summed E-state index contributed by atoms with van der Waals surface area (Å²) in [6.45, 7) is 2.13. The summed E-state index contributed by atoms with van der Waals surface area (Å²) >= 11 is 0. The smallest absolute Gasteiger partial charge is 0.342 e. The van der Waals surface area contributed by atoms with E-state index >= 15 is 0 Å². The van der Waals surface area contributed by atoms with Gasteiger partial charge in [-0.3, -0.25) is 9.59 Å². The van der Waals surface area contributed by atoms with E-state index in [1.165, 1.54) is 0 Å². The number of hydrogen-bond donors (Lipinski definition) is 3. The van der Waals surface area contributed by atoms with Crippen molar-refractivity contribution in [2.75, 3.05) is 32.0 Å². The largest absolute Gasteiger partial charge is 0.405 e. The lowest BCUT2D eigenvalue weighted by Crippen LogP contribution is -3.11. The van der Waals surface area contributed by atoms with Gasteiger partial charge in [0.25, 0.3) is 11.8 Å². The average molecular weight is 332 g/mol. The van der Waals surface area contributed by atoms with Gasteiger partial charge in [-0.05, 0) is 25.0 Å². The first-order valence-electron chi connectivity index (χ1n) is 7.09. The molecular formula is C15H21F3N3O2+. The van der Waals surface area contributed by atoms with Crippen molar-refractivity contribution >= 4 is 17.5 Å². The summed E-state index contributed by atoms with van der Waals surface area (Å²) in [5.74, 6) is -1.05. The average Bonchev–Trinajstić information content (AvgIpc) is 2.40. The van der Waals surface area contributed by atoms with E-state index in [4.69, 9.17) is 0 Å². The first-order chi connectivity index (χ1) is 10.6. The lowest BCUT2D eigenvalue weighted by atomic mass is 10.1. The minimum Gasteiger partial charge on any atom is -0.342 e. The Kier molecular flexibility index (Phi) is 6.56. The van der Waals surface area contributed by atoms with Crippen molar-refractivity contribution < 1.29 is 27.7 Å². The molecule has 0 heterocycles. The number of hydrogen-bond acceptors (Lipinski definition) is 2. The summed E-state index contributed by atoms with van der Waals surface area (Å²) in [7, 11) is 1.57. The van der Waals surface area contributed by atoms with Crippen LogP contribution in [-0.2, 0) is 9.59 Å². The van der Waals surface area contributed by atoms with Crippen LogP contribution in [0.15, 0.2) is 18.2 Å². The molecule has 0 saturated carbocycles. The molecular weight excluding hydrogens is 311 g/mol. The number of carbonyl (C=O) groups is 2. The van der Waals surface area contributed by atoms with Crippen molar-refractivity contribution in [3.63, 3.8) is 0 Å². The molecule has 0 aliphatic rings. The van der Waals surface area contributed by atoms with E-state index < -0.39 is 18.6 Å². The van der Waals surface area contributed by atoms with Crippen LogP contribution in [0, 0.1) is 13.8 Å². The van der Waals surface area contributed by atoms with Crippen molar-refractivity contribution in [2.45, 2.75) is 20.0 Å². The molecule has 8 heteroatoms. The molecule has 3 N–H and O–H groups in total. The summed E-state index contributed by atoms with van der Waals surface area (Å²) in [4.78, 5) is 23.9. The Balaban J connectivity index is 2.46. The van der Waals surface area contributed by atoms with Gasteiger partial charge in [0, 0.05) is 5.69 Å². The molecule has 1 aromatic carbocycles. The first-order valence-corrected chi connectivity index (χ1v) is 7.09. The highest BCUT2D eigenvalue weighted by Crippen LogP contribution is 2.18. The summed E-state index contributed by atoms with van der Waals surface area (Å²) < 4.78 is 36.0. The SMILES string of the molecule is Cc1cccc(C)c1NC(=O)C[NH+](C)CC(=O)NCC(F)(F)F. The van der Waals surface area contributed by atoms with Crippen LogP contribution < -0.4 is 15.5 Å². The van der Waals surface area contributed by atoms with Gasteiger partial charge < -0.3 is 15.5 Å². The standard InChI is InChI=1S/C15H20F3N3O2/c1-10-5-4-6-11(2)14(10)20-13(23)8-21(3)7-12(22)19-9-15(16,17)18/h4-6H,7-9H2,1-3H3,(H,19,22)(H,20,23)/p+1. The molecule has 128 valence electrons. The van der Waals surface area contributed by atoms with Gasteiger partial charge in [0.15, 0.2) is 13.1 Å². The van der Waals surface area contributed by atoms with Crippen molar-refractivity contribution in [1.82, 2.24) is 5.32 Å². The van der Waals surface area contributed by atoms with E-state index in [0.717, 1.165) is 11.1 Å². The molecule has 1 unspecified atom stereocenters. The Bertz CT molecular complexity index is 553. The summed E-state index contributed by atoms with van der Waals surface area (Å²) in [5, 5.41) is 4.55. The van der Waals surface area contributed by atoms with E-state index in [1.807, 2.05) is 32.0 Å². The minimum atomic E-state index is -4.44. The highest BCUT2D eigenvalue weighted by Gasteiger charge is 2.28. The fourth-order valence-corrected chi connectivity index (χ4v) is 2.07. The second-order valence-corrected chi connectivity index (χ2v) is 5.52. The molecule has 0 fully saturated rings. The maximum atomic E-state index is 12.0. The minimum absolute atomic E-state index is 0.0206. The molecule has 0 bridgehead atoms. The summed E-state index contributed by atoms with van der Waals surface area (Å²) in [6.07, 6.45) is -4.44. The monoisotopic (exact) mass is 332 g/mol. The Morgan fingerprint density at radius 3 is 2.13 bits per heavy atom. The van der Waals surface area contributed by atoms with Gasteiger partial charge in [0.1, 0.15) is 6.54 Å². The maximum Gasteiger partial charge on any atom is 0.405 e. The molecule has 0 aliphatic heterocycles. The zero-order valence-corrected chi connectivity index (χ0v) is 13.3. The summed E-state index contributed by atoms with van der Waals surface area (Å²) in [6, 6.07) is 5.61. The molecule has 1 aromatic rings. The molecule has 0 aromatic heterocycles. The fourth-order valence-electron chi connectivity index (χ4n) is 2.07. The highest BCUT2D eigenvalue weighted by molar-refractivity contribution is 5.93. The third kappa shape index (κ3) is 7.14. The Morgan fingerprint density at radius 2 is 1.61 bits per heavy atom. The van der Waals surface area contributed by atoms with E-state index in [9.17, 15) is 22.8 Å². The van der Waals surface area contributed by atoms with Crippen LogP contribution in [0.1, 0.15) is 11.1 Å². The van der Waals surface area contributed by atoms with E-state index in [0.29, 0.717) is 10.6 Å². The molecule has 23 heavy (non-hydrogen) atoms. The quantitative estimate of drug-likeness (QED) is 0.708. The second-order valence-electron chi connectivity index (χ2n) is 5.52. The molecule has 1 rings (SSSR count). The molecule has 1 atom stereocenters. The lowest BCUT2D eigenvalue weighted by molar-refractivity contribution is -0.862. The zero-order chi connectivity index (χ0) is 17.6. The van der Waals surface area contributed by atoms with Gasteiger partial charge in [-0.15, -0.1) is 0 Å². The number of rotatable bonds is 6. The van der Waals surface area contributed by atoms with Crippen molar-refractivity contribution in [3.8, 4) is 0 Å². The maximum absolute atomic E-state index is 12.0. The second kappa shape index (κ2) is 7.96. The van der Waals surface area contributed by atoms with Crippen LogP contribution in [0.25, 0.3) is 0 Å². The molecule has 0 aliphatic carbocycles. The number of aryl methyl sites for hydroxylation is 2. The number of quaternary nitrogens is 1. The van der Waals surface area contributed by atoms with Gasteiger partial charge in [-0.1, -0.05) is 18.2 Å². The number of nitrogens with one attached hydrogen (secondary N) is 3. The van der Waals surface area contributed by atoms with Gasteiger partial charge in [0.2, 0.25) is 0 Å². The number of para-hydroxylation sites is 1. The number of benzene rings is 1. The topological polar surface area (TPSA) is 62.6 Å². The number of carbonyl (C=O) groups excluding carboxylic acids is 2. The van der Waals surface area contributed by atoms with Crippen LogP contribution >= 0.6 is 0 Å². The van der Waals surface area contributed by atoms with E-state index in [1.54, 1.807) is 12.4 Å². The zero-order valence-electron chi connectivity index (χ0n) is 13.3. The Labute approximate surface area is 132 Å². The molecule has 2 amide bonds. The number of halogens is 3. The molecule has 5 nitrogen and oxygen atoms in total. The van der Waals surface area contributed by atoms with Crippen LogP contribution in [0.5, 0.6) is 0 Å². The third-order valence-electron chi connectivity index (χ3n) is 3.16. The van der Waals surface area contributed by atoms with Gasteiger partial charge in [0.05, 0.1) is 7.05 Å². The van der Waals surface area contributed by atoms with Crippen LogP contribution in [0.4, 0.5) is 18.9 Å². The number of alkyl halides is 3. The molecule has 0 saturated heterocycles. The fraction of sp³-hybridized carbons (Fsp3) is 0.467. The van der Waals surface area contributed by atoms with E-state index in [2.05, 4.69) is 5.32 Å². The van der Waals surface area contributed by atoms with Crippen molar-refractivity contribution in [2.24, 2.45) is 0 Å². The van der Waals surface area contributed by atoms with Crippen molar-refractivity contribution in [3.05, 3.63) is 29.3 Å².